The van der Waals surface area contributed by atoms with E-state index in [1.807, 2.05) is 11.3 Å². The Balaban J connectivity index is 1.10. The van der Waals surface area contributed by atoms with E-state index in [9.17, 15) is 0 Å². The fraction of sp³-hybridized carbons (Fsp3) is 0. The first-order chi connectivity index (χ1) is 25.2. The van der Waals surface area contributed by atoms with Gasteiger partial charge in [0, 0.05) is 42.8 Å². The SMILES string of the molecule is c1ccc(-c2ccc(N(c3cccc(-c4cccc5ccccc45)c3)c3ccc4c(c3)sc3cc5nc(-c6ccccc6)sc5cc34)cc2)cc1. The number of hydrogen-bond acceptors (Lipinski definition) is 4. The lowest BCUT2D eigenvalue weighted by atomic mass is 9.97. The van der Waals surface area contributed by atoms with Gasteiger partial charge in [0.25, 0.3) is 0 Å². The maximum absolute atomic E-state index is 5.03. The van der Waals surface area contributed by atoms with E-state index in [1.54, 1.807) is 11.3 Å². The number of aromatic nitrogens is 1. The molecule has 4 heteroatoms. The van der Waals surface area contributed by atoms with Crippen LogP contribution in [0.5, 0.6) is 0 Å². The Bertz CT molecular complexity index is 2850. The molecule has 0 atom stereocenters. The molecule has 0 saturated carbocycles. The first kappa shape index (κ1) is 29.8. The van der Waals surface area contributed by atoms with Crippen LogP contribution in [-0.2, 0) is 0 Å². The van der Waals surface area contributed by atoms with Crippen LogP contribution in [0, 0.1) is 0 Å². The van der Waals surface area contributed by atoms with Gasteiger partial charge in [-0.25, -0.2) is 4.98 Å². The Morgan fingerprint density at radius 2 is 1.02 bits per heavy atom. The fourth-order valence-corrected chi connectivity index (χ4v) is 9.35. The van der Waals surface area contributed by atoms with E-state index in [1.165, 1.54) is 57.9 Å². The molecule has 0 amide bonds. The van der Waals surface area contributed by atoms with Crippen molar-refractivity contribution in [2.45, 2.75) is 0 Å². The van der Waals surface area contributed by atoms with Crippen molar-refractivity contribution in [2.24, 2.45) is 0 Å². The van der Waals surface area contributed by atoms with E-state index >= 15 is 0 Å². The fourth-order valence-electron chi connectivity index (χ4n) is 7.20. The summed E-state index contributed by atoms with van der Waals surface area (Å²) in [5.41, 5.74) is 10.4. The number of benzene rings is 8. The predicted molar refractivity (Wildman–Crippen MR) is 221 cm³/mol. The number of nitrogens with zero attached hydrogens (tertiary/aromatic N) is 2. The lowest BCUT2D eigenvalue weighted by molar-refractivity contribution is 1.29. The molecule has 0 aliphatic carbocycles. The Hall–Kier alpha value is -6.07. The predicted octanol–water partition coefficient (Wildman–Crippen LogP) is 14.3. The van der Waals surface area contributed by atoms with Crippen molar-refractivity contribution in [3.63, 3.8) is 0 Å². The standard InChI is InChI=1S/C47H30N2S2/c1-3-11-31(12-4-1)32-21-23-36(24-22-32)49(37-18-9-17-35(27-37)40-20-10-16-33-13-7-8-19-39(33)40)38-25-26-41-42-29-46-43(30-45(42)50-44(41)28-38)48-47(51-46)34-14-5-2-6-15-34/h1-30H. The van der Waals surface area contributed by atoms with Gasteiger partial charge < -0.3 is 4.90 Å². The molecule has 0 radical (unpaired) electrons. The van der Waals surface area contributed by atoms with Crippen LogP contribution in [0.3, 0.4) is 0 Å². The number of thiophene rings is 1. The summed E-state index contributed by atoms with van der Waals surface area (Å²) in [5, 5.41) is 6.13. The molecular weight excluding hydrogens is 657 g/mol. The van der Waals surface area contributed by atoms with Gasteiger partial charge >= 0.3 is 0 Å². The van der Waals surface area contributed by atoms with E-state index in [0.29, 0.717) is 0 Å². The van der Waals surface area contributed by atoms with Crippen molar-refractivity contribution in [1.82, 2.24) is 4.98 Å². The minimum Gasteiger partial charge on any atom is -0.310 e. The van der Waals surface area contributed by atoms with Gasteiger partial charge in [0.1, 0.15) is 5.01 Å². The highest BCUT2D eigenvalue weighted by Crippen LogP contribution is 2.44. The lowest BCUT2D eigenvalue weighted by Crippen LogP contribution is -2.10. The maximum Gasteiger partial charge on any atom is 0.124 e. The van der Waals surface area contributed by atoms with E-state index < -0.39 is 0 Å². The number of thiazole rings is 1. The molecule has 0 bridgehead atoms. The number of rotatable bonds is 6. The quantitative estimate of drug-likeness (QED) is 0.173. The zero-order valence-corrected chi connectivity index (χ0v) is 29.2. The summed E-state index contributed by atoms with van der Waals surface area (Å²) >= 11 is 3.61. The average Bonchev–Trinajstić information content (AvgIpc) is 3.78. The molecule has 0 aliphatic rings. The highest BCUT2D eigenvalue weighted by atomic mass is 32.1. The second-order valence-corrected chi connectivity index (χ2v) is 14.9. The monoisotopic (exact) mass is 686 g/mol. The Morgan fingerprint density at radius 1 is 0.373 bits per heavy atom. The average molecular weight is 687 g/mol. The van der Waals surface area contributed by atoms with Crippen molar-refractivity contribution in [2.75, 3.05) is 4.90 Å². The first-order valence-electron chi connectivity index (χ1n) is 17.1. The third-order valence-electron chi connectivity index (χ3n) is 9.68. The van der Waals surface area contributed by atoms with Crippen LogP contribution in [0.25, 0.3) is 74.0 Å². The molecule has 8 aromatic carbocycles. The molecule has 0 saturated heterocycles. The minimum atomic E-state index is 1.06. The lowest BCUT2D eigenvalue weighted by Gasteiger charge is -2.26. The van der Waals surface area contributed by atoms with Gasteiger partial charge in [0.15, 0.2) is 0 Å². The summed E-state index contributed by atoms with van der Waals surface area (Å²) in [5.74, 6) is 0. The second-order valence-electron chi connectivity index (χ2n) is 12.8. The van der Waals surface area contributed by atoms with E-state index in [4.69, 9.17) is 4.98 Å². The van der Waals surface area contributed by atoms with Gasteiger partial charge in [-0.1, -0.05) is 133 Å². The van der Waals surface area contributed by atoms with Gasteiger partial charge in [-0.05, 0) is 81.6 Å². The van der Waals surface area contributed by atoms with E-state index in [2.05, 4.69) is 187 Å². The van der Waals surface area contributed by atoms with Crippen LogP contribution in [0.4, 0.5) is 17.1 Å². The summed E-state index contributed by atoms with van der Waals surface area (Å²) in [7, 11) is 0. The highest BCUT2D eigenvalue weighted by Gasteiger charge is 2.17. The Morgan fingerprint density at radius 3 is 1.86 bits per heavy atom. The van der Waals surface area contributed by atoms with Gasteiger partial charge in [0.05, 0.1) is 10.2 Å². The summed E-state index contributed by atoms with van der Waals surface area (Å²) in [6.45, 7) is 0. The second kappa shape index (κ2) is 12.4. The van der Waals surface area contributed by atoms with Crippen LogP contribution < -0.4 is 4.90 Å². The summed E-state index contributed by atoms with van der Waals surface area (Å²) in [4.78, 5) is 7.41. The van der Waals surface area contributed by atoms with Crippen molar-refractivity contribution < 1.29 is 0 Å². The smallest absolute Gasteiger partial charge is 0.124 e. The zero-order valence-electron chi connectivity index (χ0n) is 27.5. The molecule has 51 heavy (non-hydrogen) atoms. The number of hydrogen-bond donors (Lipinski definition) is 0. The van der Waals surface area contributed by atoms with Crippen LogP contribution >= 0.6 is 22.7 Å². The molecule has 2 heterocycles. The molecule has 2 nitrogen and oxygen atoms in total. The molecule has 0 spiro atoms. The molecule has 0 unspecified atom stereocenters. The minimum absolute atomic E-state index is 1.06. The van der Waals surface area contributed by atoms with Gasteiger partial charge in [-0.2, -0.15) is 0 Å². The summed E-state index contributed by atoms with van der Waals surface area (Å²) < 4.78 is 3.74. The molecule has 10 aromatic rings. The molecule has 0 N–H and O–H groups in total. The van der Waals surface area contributed by atoms with Crippen LogP contribution in [0.15, 0.2) is 182 Å². The molecule has 10 rings (SSSR count). The van der Waals surface area contributed by atoms with Crippen LogP contribution in [0.2, 0.25) is 0 Å². The van der Waals surface area contributed by atoms with Crippen molar-refractivity contribution in [3.05, 3.63) is 182 Å². The van der Waals surface area contributed by atoms with E-state index in [-0.39, 0.29) is 0 Å². The largest absolute Gasteiger partial charge is 0.310 e. The topological polar surface area (TPSA) is 16.1 Å². The number of fused-ring (bicyclic) bond motifs is 5. The molecule has 240 valence electrons. The molecule has 0 aliphatic heterocycles. The van der Waals surface area contributed by atoms with Crippen molar-refractivity contribution in [3.8, 4) is 32.8 Å². The number of anilines is 3. The van der Waals surface area contributed by atoms with Crippen LogP contribution in [-0.4, -0.2) is 4.98 Å². The maximum atomic E-state index is 5.03. The Labute approximate surface area is 304 Å². The summed E-state index contributed by atoms with van der Waals surface area (Å²) in [6, 6.07) is 65.7. The summed E-state index contributed by atoms with van der Waals surface area (Å²) in [6.07, 6.45) is 0. The van der Waals surface area contributed by atoms with Crippen molar-refractivity contribution >= 4 is 80.9 Å². The van der Waals surface area contributed by atoms with Crippen LogP contribution in [0.1, 0.15) is 0 Å². The Kier molecular flexibility index (Phi) is 7.23. The van der Waals surface area contributed by atoms with Gasteiger partial charge in [0.2, 0.25) is 0 Å². The molecule has 2 aromatic heterocycles. The normalized spacial score (nSPS) is 11.5. The van der Waals surface area contributed by atoms with Gasteiger partial charge in [-0.3, -0.25) is 0 Å². The third-order valence-corrected chi connectivity index (χ3v) is 11.9. The van der Waals surface area contributed by atoms with Gasteiger partial charge in [-0.15, -0.1) is 22.7 Å². The third kappa shape index (κ3) is 5.37. The van der Waals surface area contributed by atoms with Crippen molar-refractivity contribution in [1.29, 1.82) is 0 Å². The molecular formula is C47H30N2S2. The molecule has 0 fully saturated rings. The zero-order chi connectivity index (χ0) is 33.7. The first-order valence-corrected chi connectivity index (χ1v) is 18.7. The highest BCUT2D eigenvalue weighted by molar-refractivity contribution is 7.26. The van der Waals surface area contributed by atoms with E-state index in [0.717, 1.165) is 33.1 Å².